The Labute approximate surface area is 108 Å². The smallest absolute Gasteiger partial charge is 0.273 e. The highest BCUT2D eigenvalue weighted by Crippen LogP contribution is 2.38. The van der Waals surface area contributed by atoms with Crippen LogP contribution in [0.1, 0.15) is 36.0 Å². The first-order chi connectivity index (χ1) is 8.49. The summed E-state index contributed by atoms with van der Waals surface area (Å²) >= 11 is 0. The number of benzene rings is 1. The third kappa shape index (κ3) is 3.08. The third-order valence-electron chi connectivity index (χ3n) is 3.72. The highest BCUT2D eigenvalue weighted by molar-refractivity contribution is 5.33. The van der Waals surface area contributed by atoms with Gasteiger partial charge in [0.05, 0.1) is 0 Å². The van der Waals surface area contributed by atoms with E-state index in [1.807, 2.05) is 13.0 Å². The Morgan fingerprint density at radius 1 is 1.33 bits per heavy atom. The first kappa shape index (κ1) is 13.5. The first-order valence-electron chi connectivity index (χ1n) is 6.65. The van der Waals surface area contributed by atoms with E-state index in [4.69, 9.17) is 0 Å². The molecule has 1 aliphatic heterocycles. The highest BCUT2D eigenvalue weighted by atomic mass is 19.3. The van der Waals surface area contributed by atoms with Crippen molar-refractivity contribution in [3.63, 3.8) is 0 Å². The molecule has 0 saturated carbocycles. The van der Waals surface area contributed by atoms with Gasteiger partial charge in [0.25, 0.3) is 5.92 Å². The lowest BCUT2D eigenvalue weighted by molar-refractivity contribution is -0.0323. The molecule has 1 saturated heterocycles. The lowest BCUT2D eigenvalue weighted by atomic mass is 9.88. The van der Waals surface area contributed by atoms with E-state index < -0.39 is 5.92 Å². The van der Waals surface area contributed by atoms with Gasteiger partial charge < -0.3 is 5.32 Å². The molecule has 1 aromatic carbocycles. The summed E-state index contributed by atoms with van der Waals surface area (Å²) in [5.41, 5.74) is 1.92. The lowest BCUT2D eigenvalue weighted by Gasteiger charge is -2.28. The molecule has 1 aromatic rings. The zero-order valence-corrected chi connectivity index (χ0v) is 11.1. The molecule has 1 fully saturated rings. The van der Waals surface area contributed by atoms with Crippen molar-refractivity contribution in [2.24, 2.45) is 5.92 Å². The first-order valence-corrected chi connectivity index (χ1v) is 6.65. The van der Waals surface area contributed by atoms with Gasteiger partial charge in [-0.05, 0) is 51.3 Å². The Morgan fingerprint density at radius 3 is 2.72 bits per heavy atom. The Morgan fingerprint density at radius 2 is 2.11 bits per heavy atom. The molecule has 3 heteroatoms. The van der Waals surface area contributed by atoms with Crippen LogP contribution >= 0.6 is 0 Å². The maximum absolute atomic E-state index is 14.3. The van der Waals surface area contributed by atoms with Crippen molar-refractivity contribution in [1.82, 2.24) is 5.32 Å². The van der Waals surface area contributed by atoms with Gasteiger partial charge in [0, 0.05) is 12.0 Å². The Balaban J connectivity index is 2.13. The fraction of sp³-hybridized carbons (Fsp3) is 0.600. The van der Waals surface area contributed by atoms with Gasteiger partial charge in [-0.25, -0.2) is 8.78 Å². The highest BCUT2D eigenvalue weighted by Gasteiger charge is 2.36. The molecule has 0 amide bonds. The Bertz CT molecular complexity index is 409. The average Bonchev–Trinajstić information content (AvgIpc) is 2.29. The number of piperidine rings is 1. The minimum absolute atomic E-state index is 0.0378. The van der Waals surface area contributed by atoms with Gasteiger partial charge in [-0.15, -0.1) is 0 Å². The maximum Gasteiger partial charge on any atom is 0.273 e. The molecule has 2 rings (SSSR count). The summed E-state index contributed by atoms with van der Waals surface area (Å²) in [6, 6.07) is 5.19. The van der Waals surface area contributed by atoms with E-state index in [9.17, 15) is 8.78 Å². The molecule has 1 atom stereocenters. The van der Waals surface area contributed by atoms with Crippen LogP contribution in [0, 0.1) is 19.8 Å². The van der Waals surface area contributed by atoms with Gasteiger partial charge in [0.2, 0.25) is 0 Å². The number of hydrogen-bond donors (Lipinski definition) is 1. The molecule has 1 unspecified atom stereocenters. The van der Waals surface area contributed by atoms with Crippen molar-refractivity contribution >= 4 is 0 Å². The number of hydrogen-bond acceptors (Lipinski definition) is 1. The van der Waals surface area contributed by atoms with Crippen LogP contribution in [-0.4, -0.2) is 13.1 Å². The van der Waals surface area contributed by atoms with Crippen molar-refractivity contribution in [2.75, 3.05) is 13.1 Å². The van der Waals surface area contributed by atoms with Crippen LogP contribution in [0.5, 0.6) is 0 Å². The topological polar surface area (TPSA) is 12.0 Å². The van der Waals surface area contributed by atoms with E-state index in [-0.39, 0.29) is 17.9 Å². The Kier molecular flexibility index (Phi) is 4.00. The van der Waals surface area contributed by atoms with E-state index in [1.54, 1.807) is 19.1 Å². The van der Waals surface area contributed by atoms with Gasteiger partial charge in [-0.2, -0.15) is 0 Å². The third-order valence-corrected chi connectivity index (χ3v) is 3.72. The number of aryl methyl sites for hydroxylation is 2. The van der Waals surface area contributed by atoms with E-state index in [2.05, 4.69) is 5.32 Å². The lowest BCUT2D eigenvalue weighted by Crippen LogP contribution is -2.33. The SMILES string of the molecule is Cc1ccc(C(F)(F)CC2CCCNC2)c(C)c1. The van der Waals surface area contributed by atoms with Crippen LogP contribution in [0.25, 0.3) is 0 Å². The zero-order valence-electron chi connectivity index (χ0n) is 11.1. The molecule has 1 nitrogen and oxygen atoms in total. The van der Waals surface area contributed by atoms with Crippen molar-refractivity contribution in [2.45, 2.75) is 39.0 Å². The van der Waals surface area contributed by atoms with Crippen LogP contribution in [0.3, 0.4) is 0 Å². The molecule has 0 bridgehead atoms. The molecular formula is C15H21F2N. The molecule has 0 spiro atoms. The van der Waals surface area contributed by atoms with Crippen molar-refractivity contribution in [3.8, 4) is 0 Å². The quantitative estimate of drug-likeness (QED) is 0.864. The molecule has 0 aliphatic carbocycles. The van der Waals surface area contributed by atoms with Crippen molar-refractivity contribution in [3.05, 3.63) is 34.9 Å². The minimum Gasteiger partial charge on any atom is -0.316 e. The summed E-state index contributed by atoms with van der Waals surface area (Å²) in [6.45, 7) is 5.39. The summed E-state index contributed by atoms with van der Waals surface area (Å²) in [4.78, 5) is 0. The average molecular weight is 253 g/mol. The summed E-state index contributed by atoms with van der Waals surface area (Å²) in [5.74, 6) is -2.61. The molecule has 0 aromatic heterocycles. The largest absolute Gasteiger partial charge is 0.316 e. The summed E-state index contributed by atoms with van der Waals surface area (Å²) < 4.78 is 28.6. The van der Waals surface area contributed by atoms with Crippen LogP contribution in [-0.2, 0) is 5.92 Å². The fourth-order valence-electron chi connectivity index (χ4n) is 2.79. The molecule has 100 valence electrons. The normalized spacial score (nSPS) is 21.0. The van der Waals surface area contributed by atoms with Crippen molar-refractivity contribution < 1.29 is 8.78 Å². The van der Waals surface area contributed by atoms with E-state index in [1.165, 1.54) is 0 Å². The van der Waals surface area contributed by atoms with E-state index in [0.717, 1.165) is 31.5 Å². The van der Waals surface area contributed by atoms with Gasteiger partial charge in [0.1, 0.15) is 0 Å². The second-order valence-electron chi connectivity index (χ2n) is 5.44. The van der Waals surface area contributed by atoms with E-state index >= 15 is 0 Å². The number of rotatable bonds is 3. The number of nitrogens with one attached hydrogen (secondary N) is 1. The summed E-state index contributed by atoms with van der Waals surface area (Å²) in [6.07, 6.45) is 1.88. The molecule has 1 N–H and O–H groups in total. The minimum atomic E-state index is -2.71. The van der Waals surface area contributed by atoms with Gasteiger partial charge >= 0.3 is 0 Å². The Hall–Kier alpha value is -0.960. The monoisotopic (exact) mass is 253 g/mol. The maximum atomic E-state index is 14.3. The van der Waals surface area contributed by atoms with Crippen LogP contribution in [0.4, 0.5) is 8.78 Å². The van der Waals surface area contributed by atoms with Crippen molar-refractivity contribution in [1.29, 1.82) is 0 Å². The zero-order chi connectivity index (χ0) is 13.2. The van der Waals surface area contributed by atoms with E-state index in [0.29, 0.717) is 5.56 Å². The number of halogens is 2. The molecule has 0 radical (unpaired) electrons. The van der Waals surface area contributed by atoms with Crippen LogP contribution < -0.4 is 5.32 Å². The molecular weight excluding hydrogens is 232 g/mol. The summed E-state index contributed by atoms with van der Waals surface area (Å²) in [7, 11) is 0. The molecule has 18 heavy (non-hydrogen) atoms. The predicted molar refractivity (Wildman–Crippen MR) is 70.0 cm³/mol. The predicted octanol–water partition coefficient (Wildman–Crippen LogP) is 3.78. The van der Waals surface area contributed by atoms with Gasteiger partial charge in [0.15, 0.2) is 0 Å². The molecule has 1 aliphatic rings. The second kappa shape index (κ2) is 5.35. The second-order valence-corrected chi connectivity index (χ2v) is 5.44. The van der Waals surface area contributed by atoms with Crippen LogP contribution in [0.2, 0.25) is 0 Å². The fourth-order valence-corrected chi connectivity index (χ4v) is 2.79. The summed E-state index contributed by atoms with van der Waals surface area (Å²) in [5, 5.41) is 3.20. The van der Waals surface area contributed by atoms with Gasteiger partial charge in [-0.1, -0.05) is 23.8 Å². The van der Waals surface area contributed by atoms with Crippen LogP contribution in [0.15, 0.2) is 18.2 Å². The standard InChI is InChI=1S/C15H21F2N/c1-11-5-6-14(12(2)8-11)15(16,17)9-13-4-3-7-18-10-13/h5-6,8,13,18H,3-4,7,9-10H2,1-2H3. The molecule has 1 heterocycles. The number of alkyl halides is 2. The van der Waals surface area contributed by atoms with Gasteiger partial charge in [-0.3, -0.25) is 0 Å².